The first kappa shape index (κ1) is 9.88. The monoisotopic (exact) mass is 212 g/mol. The van der Waals surface area contributed by atoms with E-state index < -0.39 is 5.82 Å². The van der Waals surface area contributed by atoms with Crippen molar-refractivity contribution in [3.8, 4) is 17.8 Å². The molecule has 1 heterocycles. The molecule has 2 aromatic rings. The smallest absolute Gasteiger partial charge is 0.217 e. The molecule has 5 heteroatoms. The first-order chi connectivity index (χ1) is 7.74. The van der Waals surface area contributed by atoms with Gasteiger partial charge in [0, 0.05) is 12.4 Å². The van der Waals surface area contributed by atoms with Crippen molar-refractivity contribution in [1.29, 1.82) is 10.5 Å². The van der Waals surface area contributed by atoms with Gasteiger partial charge >= 0.3 is 0 Å². The number of imidazole rings is 1. The molecular formula is C11H5FN4. The van der Waals surface area contributed by atoms with Crippen LogP contribution in [-0.2, 0) is 0 Å². The van der Waals surface area contributed by atoms with Crippen LogP contribution in [0.25, 0.3) is 5.69 Å². The molecule has 0 saturated carbocycles. The average molecular weight is 212 g/mol. The highest BCUT2D eigenvalue weighted by molar-refractivity contribution is 5.43. The molecule has 0 N–H and O–H groups in total. The summed E-state index contributed by atoms with van der Waals surface area (Å²) < 4.78 is 14.6. The maximum absolute atomic E-state index is 13.2. The number of benzene rings is 1. The van der Waals surface area contributed by atoms with E-state index >= 15 is 0 Å². The topological polar surface area (TPSA) is 65.4 Å². The minimum absolute atomic E-state index is 0.148. The van der Waals surface area contributed by atoms with E-state index in [4.69, 9.17) is 10.5 Å². The van der Waals surface area contributed by atoms with E-state index in [0.29, 0.717) is 5.69 Å². The predicted octanol–water partition coefficient (Wildman–Crippen LogP) is 1.75. The summed E-state index contributed by atoms with van der Waals surface area (Å²) in [6, 6.07) is 7.59. The molecule has 0 spiro atoms. The maximum Gasteiger partial charge on any atom is 0.217 e. The highest BCUT2D eigenvalue weighted by atomic mass is 19.1. The Morgan fingerprint density at radius 3 is 2.69 bits per heavy atom. The summed E-state index contributed by atoms with van der Waals surface area (Å²) in [5.74, 6) is -0.374. The highest BCUT2D eigenvalue weighted by Crippen LogP contribution is 2.14. The van der Waals surface area contributed by atoms with Crippen LogP contribution in [0.4, 0.5) is 4.39 Å². The van der Waals surface area contributed by atoms with E-state index in [1.54, 1.807) is 0 Å². The minimum atomic E-state index is -0.522. The van der Waals surface area contributed by atoms with E-state index in [-0.39, 0.29) is 11.4 Å². The highest BCUT2D eigenvalue weighted by Gasteiger charge is 2.06. The van der Waals surface area contributed by atoms with Gasteiger partial charge in [-0.05, 0) is 18.2 Å². The molecule has 76 valence electrons. The third-order valence-electron chi connectivity index (χ3n) is 2.03. The van der Waals surface area contributed by atoms with Crippen LogP contribution in [0, 0.1) is 28.5 Å². The molecule has 0 radical (unpaired) electrons. The Hall–Kier alpha value is -2.66. The number of nitrogens with zero attached hydrogens (tertiary/aromatic N) is 4. The van der Waals surface area contributed by atoms with Crippen LogP contribution in [0.1, 0.15) is 11.4 Å². The average Bonchev–Trinajstić information content (AvgIpc) is 2.76. The third-order valence-corrected chi connectivity index (χ3v) is 2.03. The Morgan fingerprint density at radius 1 is 1.19 bits per heavy atom. The Bertz CT molecular complexity index is 616. The summed E-state index contributed by atoms with van der Waals surface area (Å²) in [7, 11) is 0. The second kappa shape index (κ2) is 3.84. The second-order valence-corrected chi connectivity index (χ2v) is 3.04. The number of aromatic nitrogens is 2. The summed E-state index contributed by atoms with van der Waals surface area (Å²) in [5.41, 5.74) is 0.609. The molecule has 0 atom stereocenters. The quantitative estimate of drug-likeness (QED) is 0.723. The van der Waals surface area contributed by atoms with Gasteiger partial charge in [0.25, 0.3) is 0 Å². The molecule has 0 fully saturated rings. The summed E-state index contributed by atoms with van der Waals surface area (Å²) in [4.78, 5) is 3.79. The van der Waals surface area contributed by atoms with Crippen LogP contribution in [0.2, 0.25) is 0 Å². The van der Waals surface area contributed by atoms with Crippen LogP contribution >= 0.6 is 0 Å². The number of nitriles is 2. The molecule has 0 aliphatic heterocycles. The summed E-state index contributed by atoms with van der Waals surface area (Å²) >= 11 is 0. The first-order valence-electron chi connectivity index (χ1n) is 4.39. The first-order valence-corrected chi connectivity index (χ1v) is 4.39. The molecule has 16 heavy (non-hydrogen) atoms. The van der Waals surface area contributed by atoms with E-state index in [2.05, 4.69) is 4.98 Å². The van der Waals surface area contributed by atoms with Crippen molar-refractivity contribution < 1.29 is 4.39 Å². The van der Waals surface area contributed by atoms with Gasteiger partial charge in [-0.15, -0.1) is 0 Å². The molecule has 0 bridgehead atoms. The van der Waals surface area contributed by atoms with Gasteiger partial charge in [-0.1, -0.05) is 0 Å². The van der Waals surface area contributed by atoms with Crippen LogP contribution in [0.5, 0.6) is 0 Å². The predicted molar refractivity (Wildman–Crippen MR) is 53.0 cm³/mol. The maximum atomic E-state index is 13.2. The fourth-order valence-corrected chi connectivity index (χ4v) is 1.37. The van der Waals surface area contributed by atoms with Crippen LogP contribution in [-0.4, -0.2) is 9.55 Å². The molecule has 1 aromatic heterocycles. The number of rotatable bonds is 1. The summed E-state index contributed by atoms with van der Waals surface area (Å²) in [6.07, 6.45) is 2.98. The van der Waals surface area contributed by atoms with Gasteiger partial charge in [0.05, 0.1) is 17.3 Å². The Balaban J connectivity index is 2.62. The van der Waals surface area contributed by atoms with Gasteiger partial charge in [0.2, 0.25) is 5.82 Å². The van der Waals surface area contributed by atoms with Gasteiger partial charge in [-0.25, -0.2) is 9.37 Å². The lowest BCUT2D eigenvalue weighted by molar-refractivity contribution is 0.626. The van der Waals surface area contributed by atoms with Crippen molar-refractivity contribution >= 4 is 0 Å². The van der Waals surface area contributed by atoms with E-state index in [1.165, 1.54) is 29.1 Å². The van der Waals surface area contributed by atoms with Crippen molar-refractivity contribution in [1.82, 2.24) is 9.55 Å². The molecule has 0 unspecified atom stereocenters. The normalized spacial score (nSPS) is 9.44. The van der Waals surface area contributed by atoms with Crippen molar-refractivity contribution in [2.24, 2.45) is 0 Å². The lowest BCUT2D eigenvalue weighted by Crippen LogP contribution is -1.98. The number of hydrogen-bond acceptors (Lipinski definition) is 3. The second-order valence-electron chi connectivity index (χ2n) is 3.04. The molecule has 0 aliphatic rings. The largest absolute Gasteiger partial charge is 0.291 e. The van der Waals surface area contributed by atoms with E-state index in [0.717, 1.165) is 6.07 Å². The van der Waals surface area contributed by atoms with Gasteiger partial charge in [0.1, 0.15) is 11.9 Å². The Labute approximate surface area is 90.8 Å². The SMILES string of the molecule is N#Cc1cc(F)cc(-n2ccnc2C#N)c1. The number of hydrogen-bond donors (Lipinski definition) is 0. The molecule has 0 aliphatic carbocycles. The number of halogens is 1. The Morgan fingerprint density at radius 2 is 2.00 bits per heavy atom. The zero-order valence-electron chi connectivity index (χ0n) is 8.05. The lowest BCUT2D eigenvalue weighted by atomic mass is 10.2. The van der Waals surface area contributed by atoms with Crippen LogP contribution < -0.4 is 0 Å². The van der Waals surface area contributed by atoms with Gasteiger partial charge in [-0.3, -0.25) is 4.57 Å². The van der Waals surface area contributed by atoms with Crippen molar-refractivity contribution in [2.75, 3.05) is 0 Å². The lowest BCUT2D eigenvalue weighted by Gasteiger charge is -2.03. The standard InChI is InChI=1S/C11H5FN4/c12-9-3-8(6-13)4-10(5-9)16-2-1-15-11(16)7-14/h1-5H. The Kier molecular flexibility index (Phi) is 2.37. The molecule has 2 rings (SSSR count). The van der Waals surface area contributed by atoms with Crippen molar-refractivity contribution in [2.45, 2.75) is 0 Å². The van der Waals surface area contributed by atoms with Gasteiger partial charge in [-0.2, -0.15) is 10.5 Å². The third kappa shape index (κ3) is 1.62. The zero-order chi connectivity index (χ0) is 11.5. The van der Waals surface area contributed by atoms with Crippen molar-refractivity contribution in [3.63, 3.8) is 0 Å². The molecule has 0 amide bonds. The zero-order valence-corrected chi connectivity index (χ0v) is 8.05. The minimum Gasteiger partial charge on any atom is -0.291 e. The fraction of sp³-hybridized carbons (Fsp3) is 0. The van der Waals surface area contributed by atoms with Crippen LogP contribution in [0.15, 0.2) is 30.6 Å². The van der Waals surface area contributed by atoms with Gasteiger partial charge in [0.15, 0.2) is 0 Å². The van der Waals surface area contributed by atoms with Crippen LogP contribution in [0.3, 0.4) is 0 Å². The molecule has 0 saturated heterocycles. The molecule has 1 aromatic carbocycles. The van der Waals surface area contributed by atoms with Crippen molar-refractivity contribution in [3.05, 3.63) is 47.8 Å². The summed E-state index contributed by atoms with van der Waals surface area (Å²) in [6.45, 7) is 0. The van der Waals surface area contributed by atoms with E-state index in [9.17, 15) is 4.39 Å². The summed E-state index contributed by atoms with van der Waals surface area (Å²) in [5, 5.41) is 17.5. The molecular weight excluding hydrogens is 207 g/mol. The van der Waals surface area contributed by atoms with E-state index in [1.807, 2.05) is 12.1 Å². The van der Waals surface area contributed by atoms with Gasteiger partial charge < -0.3 is 0 Å². The molecule has 4 nitrogen and oxygen atoms in total. The fourth-order valence-electron chi connectivity index (χ4n) is 1.37.